The molecule has 0 N–H and O–H groups in total. The highest BCUT2D eigenvalue weighted by Crippen LogP contribution is 2.40. The van der Waals surface area contributed by atoms with Crippen molar-refractivity contribution in [2.24, 2.45) is 11.8 Å². The molecule has 0 aromatic heterocycles. The predicted molar refractivity (Wildman–Crippen MR) is 97.0 cm³/mol. The van der Waals surface area contributed by atoms with Gasteiger partial charge in [-0.25, -0.2) is 8.42 Å². The van der Waals surface area contributed by atoms with Gasteiger partial charge in [-0.05, 0) is 68.7 Å². The Balaban J connectivity index is 1.63. The van der Waals surface area contributed by atoms with Crippen LogP contribution in [0, 0.1) is 11.8 Å². The van der Waals surface area contributed by atoms with Crippen molar-refractivity contribution >= 4 is 21.6 Å². The molecule has 1 amide bonds. The topological polar surface area (TPSA) is 57.7 Å². The van der Waals surface area contributed by atoms with Crippen LogP contribution >= 0.6 is 0 Å². The molecule has 0 spiro atoms. The van der Waals surface area contributed by atoms with E-state index < -0.39 is 10.0 Å². The fourth-order valence-corrected chi connectivity index (χ4v) is 5.79. The molecule has 2 fully saturated rings. The van der Waals surface area contributed by atoms with Gasteiger partial charge in [-0.2, -0.15) is 4.31 Å². The summed E-state index contributed by atoms with van der Waals surface area (Å²) in [6, 6.07) is 5.41. The SMILES string of the molecule is C[C@H]1CCCN(S(=O)(=O)c2ccc3c(c2)C[C@@H](C)N3C(=O)C2CC2)C1. The molecule has 136 valence electrons. The predicted octanol–water partition coefficient (Wildman–Crippen LogP) is 2.79. The first kappa shape index (κ1) is 17.0. The van der Waals surface area contributed by atoms with Crippen LogP contribution in [0.4, 0.5) is 5.69 Å². The summed E-state index contributed by atoms with van der Waals surface area (Å²) < 4.78 is 27.6. The van der Waals surface area contributed by atoms with Gasteiger partial charge >= 0.3 is 0 Å². The highest BCUT2D eigenvalue weighted by Gasteiger charge is 2.40. The number of benzene rings is 1. The highest BCUT2D eigenvalue weighted by molar-refractivity contribution is 7.89. The summed E-state index contributed by atoms with van der Waals surface area (Å²) in [6.07, 6.45) is 4.71. The molecule has 1 aliphatic carbocycles. The van der Waals surface area contributed by atoms with Crippen molar-refractivity contribution in [2.45, 2.75) is 56.9 Å². The number of piperidine rings is 1. The molecule has 1 aromatic rings. The highest BCUT2D eigenvalue weighted by atomic mass is 32.2. The maximum absolute atomic E-state index is 13.0. The second-order valence-electron chi connectivity index (χ2n) is 7.94. The molecule has 0 radical (unpaired) electrons. The van der Waals surface area contributed by atoms with Gasteiger partial charge in [0.25, 0.3) is 0 Å². The van der Waals surface area contributed by atoms with Crippen LogP contribution in [0.2, 0.25) is 0 Å². The van der Waals surface area contributed by atoms with Gasteiger partial charge in [0, 0.05) is 30.7 Å². The minimum absolute atomic E-state index is 0.107. The lowest BCUT2D eigenvalue weighted by Gasteiger charge is -2.30. The maximum atomic E-state index is 13.0. The fraction of sp³-hybridized carbons (Fsp3) is 0.632. The van der Waals surface area contributed by atoms with Crippen LogP contribution < -0.4 is 4.90 Å². The molecule has 6 heteroatoms. The lowest BCUT2D eigenvalue weighted by atomic mass is 10.0. The average Bonchev–Trinajstić information content (AvgIpc) is 3.36. The number of nitrogens with zero attached hydrogens (tertiary/aromatic N) is 2. The van der Waals surface area contributed by atoms with E-state index in [2.05, 4.69) is 6.92 Å². The number of amides is 1. The second-order valence-corrected chi connectivity index (χ2v) is 9.87. The van der Waals surface area contributed by atoms with Crippen LogP contribution in [-0.4, -0.2) is 37.8 Å². The summed E-state index contributed by atoms with van der Waals surface area (Å²) >= 11 is 0. The molecule has 25 heavy (non-hydrogen) atoms. The van der Waals surface area contributed by atoms with Crippen molar-refractivity contribution in [3.63, 3.8) is 0 Å². The van der Waals surface area contributed by atoms with E-state index in [1.807, 2.05) is 17.9 Å². The number of rotatable bonds is 3. The molecule has 2 atom stereocenters. The normalized spacial score (nSPS) is 27.4. The Bertz CT molecular complexity index is 801. The Morgan fingerprint density at radius 1 is 1.16 bits per heavy atom. The molecule has 0 bridgehead atoms. The Hall–Kier alpha value is -1.40. The van der Waals surface area contributed by atoms with Crippen LogP contribution in [0.3, 0.4) is 0 Å². The fourth-order valence-electron chi connectivity index (χ4n) is 4.14. The summed E-state index contributed by atoms with van der Waals surface area (Å²) in [7, 11) is -3.45. The van der Waals surface area contributed by atoms with Crippen LogP contribution in [-0.2, 0) is 21.2 Å². The first-order valence-electron chi connectivity index (χ1n) is 9.34. The van der Waals surface area contributed by atoms with E-state index in [1.54, 1.807) is 16.4 Å². The Morgan fingerprint density at radius 3 is 2.60 bits per heavy atom. The van der Waals surface area contributed by atoms with Gasteiger partial charge in [0.1, 0.15) is 0 Å². The standard InChI is InChI=1S/C19H26N2O3S/c1-13-4-3-9-20(12-13)25(23,24)17-7-8-18-16(11-17)10-14(2)21(18)19(22)15-5-6-15/h7-8,11,13-15H,3-6,9-10,12H2,1-2H3/t13-,14+/m0/s1. The summed E-state index contributed by atoms with van der Waals surface area (Å²) in [5.41, 5.74) is 1.88. The number of hydrogen-bond acceptors (Lipinski definition) is 3. The van der Waals surface area contributed by atoms with Crippen LogP contribution in [0.15, 0.2) is 23.1 Å². The van der Waals surface area contributed by atoms with Gasteiger partial charge in [-0.3, -0.25) is 4.79 Å². The number of sulfonamides is 1. The number of carbonyl (C=O) groups is 1. The van der Waals surface area contributed by atoms with E-state index in [0.717, 1.165) is 43.4 Å². The van der Waals surface area contributed by atoms with Crippen molar-refractivity contribution in [1.82, 2.24) is 4.31 Å². The van der Waals surface area contributed by atoms with Crippen molar-refractivity contribution in [2.75, 3.05) is 18.0 Å². The van der Waals surface area contributed by atoms with E-state index >= 15 is 0 Å². The third kappa shape index (κ3) is 2.99. The number of anilines is 1. The molecule has 0 unspecified atom stereocenters. The molecule has 2 heterocycles. The van der Waals surface area contributed by atoms with Gasteiger partial charge in [-0.1, -0.05) is 6.92 Å². The molecule has 5 nitrogen and oxygen atoms in total. The number of fused-ring (bicyclic) bond motifs is 1. The maximum Gasteiger partial charge on any atom is 0.243 e. The minimum Gasteiger partial charge on any atom is -0.309 e. The van der Waals surface area contributed by atoms with E-state index in [4.69, 9.17) is 0 Å². The zero-order valence-corrected chi connectivity index (χ0v) is 15.8. The zero-order valence-electron chi connectivity index (χ0n) is 14.9. The van der Waals surface area contributed by atoms with Gasteiger partial charge in [0.05, 0.1) is 4.90 Å². The number of carbonyl (C=O) groups excluding carboxylic acids is 1. The number of hydrogen-bond donors (Lipinski definition) is 0. The first-order valence-corrected chi connectivity index (χ1v) is 10.8. The van der Waals surface area contributed by atoms with Crippen molar-refractivity contribution in [1.29, 1.82) is 0 Å². The van der Waals surface area contributed by atoms with Crippen LogP contribution in [0.5, 0.6) is 0 Å². The summed E-state index contributed by atoms with van der Waals surface area (Å²) in [6.45, 7) is 5.35. The second kappa shape index (κ2) is 6.09. The van der Waals surface area contributed by atoms with Crippen molar-refractivity contribution in [3.05, 3.63) is 23.8 Å². The van der Waals surface area contributed by atoms with Gasteiger partial charge in [0.15, 0.2) is 0 Å². The van der Waals surface area contributed by atoms with Crippen LogP contribution in [0.1, 0.15) is 45.1 Å². The molecule has 2 aliphatic heterocycles. The molecule has 1 saturated heterocycles. The molecular weight excluding hydrogens is 336 g/mol. The third-order valence-electron chi connectivity index (χ3n) is 5.69. The third-order valence-corrected chi connectivity index (χ3v) is 7.55. The molecule has 1 aromatic carbocycles. The van der Waals surface area contributed by atoms with Crippen LogP contribution in [0.25, 0.3) is 0 Å². The Kier molecular flexibility index (Phi) is 4.15. The first-order chi connectivity index (χ1) is 11.9. The van der Waals surface area contributed by atoms with Crippen molar-refractivity contribution in [3.8, 4) is 0 Å². The van der Waals surface area contributed by atoms with Crippen molar-refractivity contribution < 1.29 is 13.2 Å². The summed E-state index contributed by atoms with van der Waals surface area (Å²) in [5.74, 6) is 0.781. The van der Waals surface area contributed by atoms with E-state index in [-0.39, 0.29) is 17.9 Å². The largest absolute Gasteiger partial charge is 0.309 e. The molecule has 3 aliphatic rings. The lowest BCUT2D eigenvalue weighted by molar-refractivity contribution is -0.120. The van der Waals surface area contributed by atoms with E-state index in [0.29, 0.717) is 23.9 Å². The Labute approximate surface area is 150 Å². The van der Waals surface area contributed by atoms with Gasteiger partial charge in [0.2, 0.25) is 15.9 Å². The van der Waals surface area contributed by atoms with Gasteiger partial charge < -0.3 is 4.90 Å². The van der Waals surface area contributed by atoms with E-state index in [9.17, 15) is 13.2 Å². The Morgan fingerprint density at radius 2 is 1.92 bits per heavy atom. The molecule has 1 saturated carbocycles. The lowest BCUT2D eigenvalue weighted by Crippen LogP contribution is -2.39. The minimum atomic E-state index is -3.45. The van der Waals surface area contributed by atoms with E-state index in [1.165, 1.54) is 0 Å². The van der Waals surface area contributed by atoms with Gasteiger partial charge in [-0.15, -0.1) is 0 Å². The average molecular weight is 362 g/mol. The quantitative estimate of drug-likeness (QED) is 0.831. The smallest absolute Gasteiger partial charge is 0.243 e. The molecular formula is C19H26N2O3S. The zero-order chi connectivity index (χ0) is 17.8. The summed E-state index contributed by atoms with van der Waals surface area (Å²) in [5, 5.41) is 0. The molecule has 4 rings (SSSR count). The monoisotopic (exact) mass is 362 g/mol. The summed E-state index contributed by atoms with van der Waals surface area (Å²) in [4.78, 5) is 14.8.